The number of nitrogens with zero attached hydrogens (tertiary/aromatic N) is 2. The summed E-state index contributed by atoms with van der Waals surface area (Å²) < 4.78 is 48.7. The molecule has 6 N–H and O–H groups in total. The van der Waals surface area contributed by atoms with Gasteiger partial charge in [-0.1, -0.05) is 52.3 Å². The second-order valence-electron chi connectivity index (χ2n) is 24.8. The van der Waals surface area contributed by atoms with Crippen LogP contribution in [-0.2, 0) is 42.9 Å². The van der Waals surface area contributed by atoms with Crippen LogP contribution in [0.5, 0.6) is 0 Å². The number of ketones is 1. The Morgan fingerprint density at radius 2 is 1.61 bits per heavy atom. The molecule has 422 valence electrons. The Labute approximate surface area is 438 Å². The minimum atomic E-state index is -2.11. The molecule has 18 heteroatoms. The normalized spacial score (nSPS) is 47.6. The van der Waals surface area contributed by atoms with E-state index in [2.05, 4.69) is 0 Å². The van der Waals surface area contributed by atoms with Gasteiger partial charge in [0.25, 0.3) is 0 Å². The largest absolute Gasteiger partial charge is 0.464 e. The molecule has 6 aliphatic rings. The van der Waals surface area contributed by atoms with Crippen LogP contribution in [0.25, 0.3) is 0 Å². The van der Waals surface area contributed by atoms with Crippen molar-refractivity contribution in [3.63, 3.8) is 0 Å². The van der Waals surface area contributed by atoms with Gasteiger partial charge in [-0.2, -0.15) is 0 Å². The Morgan fingerprint density at radius 1 is 0.946 bits per heavy atom. The maximum Gasteiger partial charge on any atom is 0.338 e. The number of unbranched alkanes of at least 4 members (excludes halogenated alkanes) is 1. The van der Waals surface area contributed by atoms with E-state index in [9.17, 15) is 49.8 Å². The molecule has 0 amide bonds. The Hall–Kier alpha value is -2.91. The summed E-state index contributed by atoms with van der Waals surface area (Å²) in [6.45, 7) is 18.9. The number of allylic oxidation sites excluding steroid dienone is 4. The smallest absolute Gasteiger partial charge is 0.338 e. The van der Waals surface area contributed by atoms with Gasteiger partial charge in [-0.15, -0.1) is 0 Å². The van der Waals surface area contributed by atoms with Crippen LogP contribution in [0.3, 0.4) is 0 Å². The quantitative estimate of drug-likeness (QED) is 0.0718. The monoisotopic (exact) mass is 1050 g/mol. The van der Waals surface area contributed by atoms with Crippen LogP contribution in [-0.4, -0.2) is 182 Å². The summed E-state index contributed by atoms with van der Waals surface area (Å²) in [6.07, 6.45) is -2.72. The third-order valence-electron chi connectivity index (χ3n) is 19.2. The van der Waals surface area contributed by atoms with E-state index in [1.807, 2.05) is 43.8 Å². The van der Waals surface area contributed by atoms with Gasteiger partial charge in [0.05, 0.1) is 48.6 Å². The fourth-order valence-electron chi connectivity index (χ4n) is 14.6. The molecule has 2 heterocycles. The molecular formula is C56H91FN2O15. The molecule has 6 rings (SSSR count). The van der Waals surface area contributed by atoms with E-state index in [0.29, 0.717) is 25.0 Å². The predicted octanol–water partition coefficient (Wildman–Crippen LogP) is 4.59. The van der Waals surface area contributed by atoms with Crippen LogP contribution in [0.1, 0.15) is 140 Å². The van der Waals surface area contributed by atoms with Crippen LogP contribution < -0.4 is 0 Å². The number of ether oxygens (including phenoxy) is 5. The average molecular weight is 1050 g/mol. The van der Waals surface area contributed by atoms with E-state index in [1.54, 1.807) is 61.6 Å². The summed E-state index contributed by atoms with van der Waals surface area (Å²) in [6, 6.07) is -1.00. The minimum absolute atomic E-state index is 0.0837. The zero-order valence-electron chi connectivity index (χ0n) is 46.6. The van der Waals surface area contributed by atoms with E-state index in [4.69, 9.17) is 23.7 Å². The zero-order valence-corrected chi connectivity index (χ0v) is 46.6. The molecule has 74 heavy (non-hydrogen) atoms. The molecule has 4 aliphatic carbocycles. The van der Waals surface area contributed by atoms with Gasteiger partial charge in [0, 0.05) is 48.1 Å². The molecule has 2 aliphatic heterocycles. The fourth-order valence-corrected chi connectivity index (χ4v) is 14.6. The number of fused-ring (bicyclic) bond motifs is 5. The number of alkyl halides is 1. The number of carbonyl (C=O) groups is 4. The van der Waals surface area contributed by atoms with E-state index in [1.165, 1.54) is 19.9 Å². The van der Waals surface area contributed by atoms with Crippen LogP contribution >= 0.6 is 0 Å². The standard InChI is InChI=1S/C56H91FN2O15/c1-15-42-54(11,68)46(64)35(7)59(14)29-30(2)27-53(10,67)47(33(5)44(63)34(6)48(65)72-42)74-49-45(40(58(12)13)25-32(4)71-49)73-43(62)18-16-17-23-70-50(66)56(69)31(3)24-39-38-20-19-36-26-37(60)21-22-51(36,8)55(38,57)41(61)28-52(39,56)9/h19,21-22,30-35,38-42,44-47,49,61,63-64,67-69H,15-18,20,23-29H2,1-14H3/t30-,31-,32-,33+,34-,35-,38?,39?,40-,41+,42-,44+,45-,46-,47-,49+,51+,52+,53-,54-,55+,56+/m1/s1. The van der Waals surface area contributed by atoms with E-state index in [-0.39, 0.29) is 75.8 Å². The second-order valence-corrected chi connectivity index (χ2v) is 24.8. The molecule has 2 saturated heterocycles. The maximum atomic E-state index is 17.7. The van der Waals surface area contributed by atoms with E-state index < -0.39 is 136 Å². The van der Waals surface area contributed by atoms with Crippen LogP contribution in [0.15, 0.2) is 23.8 Å². The summed E-state index contributed by atoms with van der Waals surface area (Å²) in [4.78, 5) is 57.7. The number of carbonyl (C=O) groups excluding carboxylic acids is 4. The maximum absolute atomic E-state index is 17.7. The van der Waals surface area contributed by atoms with Gasteiger partial charge in [-0.25, -0.2) is 9.18 Å². The zero-order chi connectivity index (χ0) is 55.4. The van der Waals surface area contributed by atoms with Gasteiger partial charge >= 0.3 is 17.9 Å². The number of hydrogen-bond acceptors (Lipinski definition) is 17. The summed E-state index contributed by atoms with van der Waals surface area (Å²) in [5, 5.41) is 71.6. The van der Waals surface area contributed by atoms with Crippen molar-refractivity contribution in [1.29, 1.82) is 0 Å². The highest BCUT2D eigenvalue weighted by Crippen LogP contribution is 2.70. The van der Waals surface area contributed by atoms with Crippen LogP contribution in [0.4, 0.5) is 4.39 Å². The summed E-state index contributed by atoms with van der Waals surface area (Å²) in [7, 11) is 5.48. The predicted molar refractivity (Wildman–Crippen MR) is 271 cm³/mol. The lowest BCUT2D eigenvalue weighted by molar-refractivity contribution is -0.301. The van der Waals surface area contributed by atoms with Crippen molar-refractivity contribution in [2.75, 3.05) is 34.3 Å². The molecule has 22 atom stereocenters. The molecule has 2 unspecified atom stereocenters. The first-order chi connectivity index (χ1) is 34.2. The molecule has 17 nitrogen and oxygen atoms in total. The van der Waals surface area contributed by atoms with Gasteiger partial charge < -0.3 is 64.1 Å². The Bertz CT molecular complexity index is 2100. The number of cyclic esters (lactones) is 1. The fraction of sp³-hybridized carbons (Fsp3) is 0.857. The first kappa shape index (κ1) is 60.3. The first-order valence-electron chi connectivity index (χ1n) is 27.3. The summed E-state index contributed by atoms with van der Waals surface area (Å²) in [5.74, 6) is -6.52. The third-order valence-corrected chi connectivity index (χ3v) is 19.2. The highest BCUT2D eigenvalue weighted by molar-refractivity contribution is 5.93. The Balaban J connectivity index is 1.14. The lowest BCUT2D eigenvalue weighted by atomic mass is 9.45. The van der Waals surface area contributed by atoms with Crippen molar-refractivity contribution in [3.05, 3.63) is 23.8 Å². The highest BCUT2D eigenvalue weighted by atomic mass is 19.1. The van der Waals surface area contributed by atoms with Crippen molar-refractivity contribution < 1.29 is 77.9 Å². The number of rotatable bonds is 11. The highest BCUT2D eigenvalue weighted by Gasteiger charge is 2.76. The molecular weight excluding hydrogens is 960 g/mol. The number of esters is 3. The van der Waals surface area contributed by atoms with Gasteiger partial charge in [0.1, 0.15) is 17.8 Å². The SMILES string of the molecule is CC[C@H]1OC(=O)[C@H](C)[C@@H](O)[C@H](C)[C@@H](O[C@@H]2O[C@H](C)C[C@@H](N(C)C)[C@H]2OC(=O)CCCCOC(=O)[C@@]2(O)[C@H](C)CC3C4CC=C5CC(=O)C=C[C@]5(C)[C@@]4(F)[C@@H](O)C[C@@]32C)[C@](C)(O)C[C@@H](C)CN(C)[C@H](C)[C@@H](O)[C@]1(C)O. The van der Waals surface area contributed by atoms with Crippen molar-refractivity contribution in [1.82, 2.24) is 9.80 Å². The molecule has 0 aromatic heterocycles. The van der Waals surface area contributed by atoms with E-state index in [0.717, 1.165) is 0 Å². The number of aliphatic hydroxyl groups is 6. The third kappa shape index (κ3) is 10.8. The average Bonchev–Trinajstić information content (AvgIpc) is 3.52. The van der Waals surface area contributed by atoms with Crippen LogP contribution in [0.2, 0.25) is 0 Å². The van der Waals surface area contributed by atoms with Crippen molar-refractivity contribution in [3.8, 4) is 0 Å². The molecule has 0 radical (unpaired) electrons. The summed E-state index contributed by atoms with van der Waals surface area (Å²) in [5.41, 5.74) is -9.44. The Morgan fingerprint density at radius 3 is 2.24 bits per heavy atom. The van der Waals surface area contributed by atoms with E-state index >= 15 is 4.39 Å². The first-order valence-corrected chi connectivity index (χ1v) is 27.3. The van der Waals surface area contributed by atoms with Crippen molar-refractivity contribution in [2.24, 2.45) is 46.3 Å². The van der Waals surface area contributed by atoms with Gasteiger partial charge in [-0.3, -0.25) is 14.4 Å². The van der Waals surface area contributed by atoms with Gasteiger partial charge in [0.15, 0.2) is 29.4 Å². The molecule has 2 saturated carbocycles. The van der Waals surface area contributed by atoms with Crippen LogP contribution in [0, 0.1) is 46.3 Å². The molecule has 0 bridgehead atoms. The molecule has 0 spiro atoms. The number of likely N-dealkylation sites (N-methyl/N-ethyl adjacent to an activating group) is 2. The molecule has 0 aromatic carbocycles. The van der Waals surface area contributed by atoms with Gasteiger partial charge in [0.2, 0.25) is 0 Å². The number of hydrogen-bond donors (Lipinski definition) is 6. The molecule has 0 aromatic rings. The number of aliphatic hydroxyl groups excluding tert-OH is 3. The summed E-state index contributed by atoms with van der Waals surface area (Å²) >= 11 is 0. The molecule has 4 fully saturated rings. The van der Waals surface area contributed by atoms with Crippen molar-refractivity contribution in [2.45, 2.75) is 224 Å². The lowest BCUT2D eigenvalue weighted by Crippen LogP contribution is -2.69. The minimum Gasteiger partial charge on any atom is -0.464 e. The Kier molecular flexibility index (Phi) is 18.3. The van der Waals surface area contributed by atoms with Gasteiger partial charge in [-0.05, 0) is 138 Å². The second kappa shape index (κ2) is 22.4. The number of halogens is 1. The van der Waals surface area contributed by atoms with Crippen molar-refractivity contribution >= 4 is 23.7 Å². The lowest BCUT2D eigenvalue weighted by Gasteiger charge is -2.61. The topological polar surface area (TPSA) is 242 Å².